The maximum Gasteiger partial charge on any atom is 0.244 e. The molecule has 3 rings (SSSR count). The highest BCUT2D eigenvalue weighted by atomic mass is 79.9. The largest absolute Gasteiger partial charge is 0.335 e. The number of para-hydroxylation sites is 1. The molecule has 0 unspecified atom stereocenters. The van der Waals surface area contributed by atoms with Gasteiger partial charge < -0.3 is 10.2 Å². The molecule has 1 aliphatic heterocycles. The molecular weight excluding hydrogens is 394 g/mol. The average Bonchev–Trinajstić information content (AvgIpc) is 2.63. The van der Waals surface area contributed by atoms with Crippen LogP contribution in [-0.2, 0) is 22.6 Å². The molecule has 2 aromatic carbocycles. The van der Waals surface area contributed by atoms with Crippen LogP contribution >= 0.6 is 15.9 Å². The minimum Gasteiger partial charge on any atom is -0.335 e. The van der Waals surface area contributed by atoms with Crippen LogP contribution in [0.2, 0.25) is 0 Å². The van der Waals surface area contributed by atoms with Crippen LogP contribution in [0, 0.1) is 0 Å². The topological polar surface area (TPSA) is 52.7 Å². The number of carbonyl (C=O) groups excluding carboxylic acids is 2. The monoisotopic (exact) mass is 415 g/mol. The molecule has 0 atom stereocenters. The molecule has 136 valence electrons. The summed E-state index contributed by atoms with van der Waals surface area (Å²) in [6, 6.07) is 15.7. The van der Waals surface area contributed by atoms with Gasteiger partial charge in [-0.05, 0) is 45.6 Å². The second-order valence-corrected chi connectivity index (χ2v) is 7.36. The van der Waals surface area contributed by atoms with Crippen molar-refractivity contribution in [1.82, 2.24) is 9.80 Å². The first-order valence-electron chi connectivity index (χ1n) is 8.60. The fraction of sp³-hybridized carbons (Fsp3) is 0.300. The third-order valence-corrected chi connectivity index (χ3v) is 5.21. The number of hydrogen-bond acceptors (Lipinski definition) is 3. The van der Waals surface area contributed by atoms with Gasteiger partial charge in [0.05, 0.1) is 18.8 Å². The van der Waals surface area contributed by atoms with Gasteiger partial charge in [-0.25, -0.2) is 0 Å². The number of rotatable bonds is 5. The Morgan fingerprint density at radius 1 is 1.12 bits per heavy atom. The summed E-state index contributed by atoms with van der Waals surface area (Å²) >= 11 is 3.40. The molecule has 1 aliphatic rings. The van der Waals surface area contributed by atoms with Crippen LogP contribution in [0.4, 0.5) is 5.69 Å². The fourth-order valence-electron chi connectivity index (χ4n) is 3.06. The van der Waals surface area contributed by atoms with Crippen molar-refractivity contribution in [2.75, 3.05) is 32.0 Å². The minimum atomic E-state index is -0.211. The number of benzene rings is 2. The number of halogens is 1. The Balaban J connectivity index is 1.50. The van der Waals surface area contributed by atoms with E-state index in [1.54, 1.807) is 7.05 Å². The summed E-state index contributed by atoms with van der Waals surface area (Å²) in [7, 11) is 1.67. The molecule has 0 spiro atoms. The molecule has 6 heteroatoms. The standard InChI is InChI=1S/C20H22BrN3O2/c1-23(13-19(25)22-18-9-5-4-8-17(18)21)20(26)14-24-11-10-15-6-2-3-7-16(15)12-24/h2-9H,10-14H2,1H3,(H,22,25). The molecular formula is C20H22BrN3O2. The number of likely N-dealkylation sites (N-methyl/N-ethyl adjacent to an activating group) is 1. The molecule has 0 aliphatic carbocycles. The molecule has 5 nitrogen and oxygen atoms in total. The van der Waals surface area contributed by atoms with Crippen molar-refractivity contribution in [3.05, 3.63) is 64.1 Å². The molecule has 2 aromatic rings. The molecule has 0 aromatic heterocycles. The van der Waals surface area contributed by atoms with Crippen molar-refractivity contribution in [3.8, 4) is 0 Å². The summed E-state index contributed by atoms with van der Waals surface area (Å²) in [4.78, 5) is 28.3. The van der Waals surface area contributed by atoms with Gasteiger partial charge in [0.2, 0.25) is 11.8 Å². The van der Waals surface area contributed by atoms with Crippen molar-refractivity contribution < 1.29 is 9.59 Å². The summed E-state index contributed by atoms with van der Waals surface area (Å²) in [6.45, 7) is 2.00. The van der Waals surface area contributed by atoms with E-state index in [0.717, 1.165) is 24.0 Å². The lowest BCUT2D eigenvalue weighted by Crippen LogP contribution is -2.43. The first kappa shape index (κ1) is 18.6. The molecule has 0 saturated carbocycles. The van der Waals surface area contributed by atoms with E-state index < -0.39 is 0 Å². The lowest BCUT2D eigenvalue weighted by Gasteiger charge is -2.29. The molecule has 0 bridgehead atoms. The van der Waals surface area contributed by atoms with E-state index in [1.807, 2.05) is 30.3 Å². The highest BCUT2D eigenvalue weighted by molar-refractivity contribution is 9.10. The first-order chi connectivity index (χ1) is 12.5. The van der Waals surface area contributed by atoms with Gasteiger partial charge >= 0.3 is 0 Å². The van der Waals surface area contributed by atoms with E-state index in [9.17, 15) is 9.59 Å². The smallest absolute Gasteiger partial charge is 0.244 e. The van der Waals surface area contributed by atoms with Gasteiger partial charge in [0.15, 0.2) is 0 Å². The fourth-order valence-corrected chi connectivity index (χ4v) is 3.44. The Hall–Kier alpha value is -2.18. The van der Waals surface area contributed by atoms with Crippen LogP contribution in [0.25, 0.3) is 0 Å². The minimum absolute atomic E-state index is 0.0323. The predicted molar refractivity (Wildman–Crippen MR) is 106 cm³/mol. The lowest BCUT2D eigenvalue weighted by molar-refractivity contribution is -0.134. The second-order valence-electron chi connectivity index (χ2n) is 6.51. The van der Waals surface area contributed by atoms with E-state index in [4.69, 9.17) is 0 Å². The third-order valence-electron chi connectivity index (χ3n) is 4.52. The van der Waals surface area contributed by atoms with E-state index in [-0.39, 0.29) is 18.4 Å². The summed E-state index contributed by atoms with van der Waals surface area (Å²) in [5.41, 5.74) is 3.34. The Morgan fingerprint density at radius 2 is 1.81 bits per heavy atom. The van der Waals surface area contributed by atoms with Gasteiger partial charge in [0, 0.05) is 24.6 Å². The van der Waals surface area contributed by atoms with Crippen molar-refractivity contribution in [2.45, 2.75) is 13.0 Å². The van der Waals surface area contributed by atoms with Crippen molar-refractivity contribution >= 4 is 33.4 Å². The molecule has 26 heavy (non-hydrogen) atoms. The van der Waals surface area contributed by atoms with Crippen molar-refractivity contribution in [1.29, 1.82) is 0 Å². The zero-order valence-corrected chi connectivity index (χ0v) is 16.3. The van der Waals surface area contributed by atoms with Crippen LogP contribution in [-0.4, -0.2) is 48.3 Å². The summed E-state index contributed by atoms with van der Waals surface area (Å²) < 4.78 is 0.814. The Bertz CT molecular complexity index is 809. The van der Waals surface area contributed by atoms with Gasteiger partial charge in [-0.2, -0.15) is 0 Å². The van der Waals surface area contributed by atoms with Gasteiger partial charge in [-0.15, -0.1) is 0 Å². The first-order valence-corrected chi connectivity index (χ1v) is 9.39. The Kier molecular flexibility index (Phi) is 6.06. The SMILES string of the molecule is CN(CC(=O)Nc1ccccc1Br)C(=O)CN1CCc2ccccc2C1. The number of nitrogens with zero attached hydrogens (tertiary/aromatic N) is 2. The predicted octanol–water partition coefficient (Wildman–Crippen LogP) is 2.90. The lowest BCUT2D eigenvalue weighted by atomic mass is 10.00. The Morgan fingerprint density at radius 3 is 2.58 bits per heavy atom. The number of fused-ring (bicyclic) bond motifs is 1. The molecule has 0 fully saturated rings. The third kappa shape index (κ3) is 4.71. The molecule has 1 heterocycles. The van der Waals surface area contributed by atoms with Gasteiger partial charge in [-0.1, -0.05) is 36.4 Å². The van der Waals surface area contributed by atoms with Crippen LogP contribution in [0.5, 0.6) is 0 Å². The van der Waals surface area contributed by atoms with Gasteiger partial charge in [0.1, 0.15) is 0 Å². The molecule has 2 amide bonds. The number of amides is 2. The van der Waals surface area contributed by atoms with Gasteiger partial charge in [0.25, 0.3) is 0 Å². The molecule has 0 radical (unpaired) electrons. The van der Waals surface area contributed by atoms with Crippen LogP contribution in [0.3, 0.4) is 0 Å². The van der Waals surface area contributed by atoms with Crippen LogP contribution in [0.1, 0.15) is 11.1 Å². The highest BCUT2D eigenvalue weighted by Crippen LogP contribution is 2.21. The zero-order chi connectivity index (χ0) is 18.5. The molecule has 0 saturated heterocycles. The molecule has 1 N–H and O–H groups in total. The average molecular weight is 416 g/mol. The van der Waals surface area contributed by atoms with Crippen LogP contribution < -0.4 is 5.32 Å². The number of anilines is 1. The van der Waals surface area contributed by atoms with E-state index >= 15 is 0 Å². The number of hydrogen-bond donors (Lipinski definition) is 1. The van der Waals surface area contributed by atoms with Gasteiger partial charge in [-0.3, -0.25) is 14.5 Å². The van der Waals surface area contributed by atoms with E-state index in [1.165, 1.54) is 16.0 Å². The highest BCUT2D eigenvalue weighted by Gasteiger charge is 2.21. The van der Waals surface area contributed by atoms with E-state index in [0.29, 0.717) is 12.2 Å². The second kappa shape index (κ2) is 8.47. The maximum atomic E-state index is 12.5. The van der Waals surface area contributed by atoms with Crippen molar-refractivity contribution in [3.63, 3.8) is 0 Å². The summed E-state index contributed by atoms with van der Waals surface area (Å²) in [6.07, 6.45) is 0.954. The summed E-state index contributed by atoms with van der Waals surface area (Å²) in [5.74, 6) is -0.261. The quantitative estimate of drug-likeness (QED) is 0.816. The number of carbonyl (C=O) groups is 2. The Labute approximate surface area is 162 Å². The van der Waals surface area contributed by atoms with Crippen LogP contribution in [0.15, 0.2) is 53.0 Å². The maximum absolute atomic E-state index is 12.5. The summed E-state index contributed by atoms with van der Waals surface area (Å²) in [5, 5.41) is 2.82. The zero-order valence-electron chi connectivity index (χ0n) is 14.7. The number of nitrogens with one attached hydrogen (secondary N) is 1. The normalized spacial score (nSPS) is 13.8. The van der Waals surface area contributed by atoms with Crippen molar-refractivity contribution in [2.24, 2.45) is 0 Å². The van der Waals surface area contributed by atoms with E-state index in [2.05, 4.69) is 44.3 Å².